The van der Waals surface area contributed by atoms with Crippen molar-refractivity contribution >= 4 is 46.8 Å². The monoisotopic (exact) mass is 496 g/mol. The highest BCUT2D eigenvalue weighted by Gasteiger charge is 2.27. The molecule has 2 rings (SSSR count). The van der Waals surface area contributed by atoms with E-state index in [2.05, 4.69) is 5.32 Å². The Balaban J connectivity index is 2.10. The van der Waals surface area contributed by atoms with Gasteiger partial charge in [-0.05, 0) is 42.7 Å². The molecule has 0 aromatic heterocycles. The van der Waals surface area contributed by atoms with Crippen LogP contribution in [0.1, 0.15) is 31.9 Å². The molecule has 1 atom stereocenters. The number of carbonyl (C=O) groups excluding carboxylic acids is 2. The fourth-order valence-corrected chi connectivity index (χ4v) is 4.34. The number of hydrogen-bond acceptors (Lipinski definition) is 4. The minimum absolute atomic E-state index is 0.147. The van der Waals surface area contributed by atoms with Crippen LogP contribution in [0.5, 0.6) is 5.75 Å². The molecule has 0 aliphatic rings. The Morgan fingerprint density at radius 2 is 1.69 bits per heavy atom. The van der Waals surface area contributed by atoms with Crippen LogP contribution in [-0.2, 0) is 21.9 Å². The third-order valence-corrected chi connectivity index (χ3v) is 6.59. The van der Waals surface area contributed by atoms with E-state index in [1.165, 1.54) is 11.8 Å². The molecule has 5 nitrogen and oxygen atoms in total. The van der Waals surface area contributed by atoms with E-state index >= 15 is 0 Å². The molecule has 0 heterocycles. The summed E-state index contributed by atoms with van der Waals surface area (Å²) in [5, 5.41) is 3.84. The highest BCUT2D eigenvalue weighted by molar-refractivity contribution is 7.99. The fourth-order valence-electron chi connectivity index (χ4n) is 2.95. The van der Waals surface area contributed by atoms with E-state index in [1.54, 1.807) is 37.1 Å². The van der Waals surface area contributed by atoms with Gasteiger partial charge in [-0.2, -0.15) is 0 Å². The Kier molecular flexibility index (Phi) is 10.7. The van der Waals surface area contributed by atoms with E-state index in [0.717, 1.165) is 11.3 Å². The van der Waals surface area contributed by atoms with Crippen molar-refractivity contribution < 1.29 is 14.3 Å². The van der Waals surface area contributed by atoms with Gasteiger partial charge in [0.25, 0.3) is 0 Å². The lowest BCUT2D eigenvalue weighted by molar-refractivity contribution is -0.138. The van der Waals surface area contributed by atoms with E-state index in [1.807, 2.05) is 38.1 Å². The Morgan fingerprint density at radius 3 is 2.25 bits per heavy atom. The molecule has 0 unspecified atom stereocenters. The Bertz CT molecular complexity index is 886. The van der Waals surface area contributed by atoms with Gasteiger partial charge in [0.2, 0.25) is 11.8 Å². The molecule has 0 saturated carbocycles. The van der Waals surface area contributed by atoms with E-state index in [-0.39, 0.29) is 24.1 Å². The van der Waals surface area contributed by atoms with Gasteiger partial charge in [0.1, 0.15) is 11.8 Å². The fraction of sp³-hybridized carbons (Fsp3) is 0.417. The predicted octanol–water partition coefficient (Wildman–Crippen LogP) is 5.42. The van der Waals surface area contributed by atoms with Crippen molar-refractivity contribution in [2.75, 3.05) is 19.4 Å². The quantitative estimate of drug-likeness (QED) is 0.450. The van der Waals surface area contributed by atoms with Gasteiger partial charge in [-0.25, -0.2) is 0 Å². The summed E-state index contributed by atoms with van der Waals surface area (Å²) in [4.78, 5) is 27.4. The predicted molar refractivity (Wildman–Crippen MR) is 133 cm³/mol. The summed E-state index contributed by atoms with van der Waals surface area (Å²) in [6, 6.07) is 12.3. The second kappa shape index (κ2) is 13.0. The molecule has 32 heavy (non-hydrogen) atoms. The average molecular weight is 497 g/mol. The number of nitrogens with one attached hydrogen (secondary N) is 1. The molecule has 2 aromatic carbocycles. The molecule has 0 aliphatic heterocycles. The maximum Gasteiger partial charge on any atom is 0.242 e. The van der Waals surface area contributed by atoms with E-state index in [4.69, 9.17) is 27.9 Å². The first-order chi connectivity index (χ1) is 15.2. The van der Waals surface area contributed by atoms with E-state index < -0.39 is 6.04 Å². The molecule has 8 heteroatoms. The number of methoxy groups -OCH3 is 1. The van der Waals surface area contributed by atoms with Crippen molar-refractivity contribution in [1.82, 2.24) is 10.2 Å². The molecule has 2 aromatic rings. The van der Waals surface area contributed by atoms with Gasteiger partial charge in [-0.1, -0.05) is 55.2 Å². The number of hydrogen-bond donors (Lipinski definition) is 1. The molecular formula is C24H30Cl2N2O3S. The van der Waals surface area contributed by atoms with Crippen molar-refractivity contribution in [2.45, 2.75) is 39.1 Å². The standard InChI is InChI=1S/C24H30Cl2N2O3S/c1-16(2)12-27-24(30)17(3)28(13-20-21(25)6-5-7-22(20)26)23(29)15-32-14-18-8-10-19(31-4)11-9-18/h5-11,16-17H,12-15H2,1-4H3,(H,27,30)/t17-/m1/s1. The summed E-state index contributed by atoms with van der Waals surface area (Å²) < 4.78 is 5.18. The number of ether oxygens (including phenoxy) is 1. The van der Waals surface area contributed by atoms with Gasteiger partial charge in [0.05, 0.1) is 12.9 Å². The number of benzene rings is 2. The summed E-state index contributed by atoms with van der Waals surface area (Å²) >= 11 is 14.2. The zero-order valence-electron chi connectivity index (χ0n) is 18.9. The van der Waals surface area contributed by atoms with Crippen molar-refractivity contribution in [2.24, 2.45) is 5.92 Å². The number of rotatable bonds is 11. The molecule has 1 N–H and O–H groups in total. The first-order valence-electron chi connectivity index (χ1n) is 10.4. The number of carbonyl (C=O) groups is 2. The third-order valence-electron chi connectivity index (χ3n) is 4.90. The van der Waals surface area contributed by atoms with Gasteiger partial charge in [-0.15, -0.1) is 11.8 Å². The normalized spacial score (nSPS) is 11.8. The lowest BCUT2D eigenvalue weighted by Gasteiger charge is -2.29. The van der Waals surface area contributed by atoms with Crippen LogP contribution in [0.4, 0.5) is 0 Å². The SMILES string of the molecule is COc1ccc(CSCC(=O)N(Cc2c(Cl)cccc2Cl)[C@H](C)C(=O)NCC(C)C)cc1. The Morgan fingerprint density at radius 1 is 1.06 bits per heavy atom. The van der Waals surface area contributed by atoms with Crippen molar-refractivity contribution in [3.63, 3.8) is 0 Å². The molecule has 0 saturated heterocycles. The smallest absolute Gasteiger partial charge is 0.242 e. The zero-order valence-corrected chi connectivity index (χ0v) is 21.2. The van der Waals surface area contributed by atoms with Crippen molar-refractivity contribution in [3.8, 4) is 5.75 Å². The number of thioether (sulfide) groups is 1. The second-order valence-electron chi connectivity index (χ2n) is 7.88. The lowest BCUT2D eigenvalue weighted by atomic mass is 10.1. The largest absolute Gasteiger partial charge is 0.497 e. The Labute approximate surface area is 204 Å². The van der Waals surface area contributed by atoms with Crippen LogP contribution in [0.2, 0.25) is 10.0 Å². The zero-order chi connectivity index (χ0) is 23.7. The summed E-state index contributed by atoms with van der Waals surface area (Å²) in [6.45, 7) is 6.48. The molecule has 2 amide bonds. The lowest BCUT2D eigenvalue weighted by Crippen LogP contribution is -2.48. The minimum Gasteiger partial charge on any atom is -0.497 e. The maximum atomic E-state index is 13.2. The van der Waals surface area contributed by atoms with E-state index in [9.17, 15) is 9.59 Å². The van der Waals surface area contributed by atoms with Gasteiger partial charge in [0, 0.05) is 34.5 Å². The first kappa shape index (κ1) is 26.4. The van der Waals surface area contributed by atoms with Crippen LogP contribution in [0.25, 0.3) is 0 Å². The van der Waals surface area contributed by atoms with Gasteiger partial charge in [0.15, 0.2) is 0 Å². The number of halogens is 2. The average Bonchev–Trinajstić information content (AvgIpc) is 2.77. The van der Waals surface area contributed by atoms with Gasteiger partial charge >= 0.3 is 0 Å². The second-order valence-corrected chi connectivity index (χ2v) is 9.68. The molecule has 0 bridgehead atoms. The number of nitrogens with zero attached hydrogens (tertiary/aromatic N) is 1. The van der Waals surface area contributed by atoms with Crippen LogP contribution >= 0.6 is 35.0 Å². The van der Waals surface area contributed by atoms with Gasteiger partial charge < -0.3 is 15.0 Å². The van der Waals surface area contributed by atoms with Crippen LogP contribution in [0, 0.1) is 5.92 Å². The van der Waals surface area contributed by atoms with Crippen LogP contribution in [-0.4, -0.2) is 42.2 Å². The third kappa shape index (κ3) is 7.91. The summed E-state index contributed by atoms with van der Waals surface area (Å²) in [5.74, 6) is 1.66. The van der Waals surface area contributed by atoms with Crippen molar-refractivity contribution in [1.29, 1.82) is 0 Å². The van der Waals surface area contributed by atoms with Crippen LogP contribution < -0.4 is 10.1 Å². The Hall–Kier alpha value is -1.89. The molecule has 0 spiro atoms. The van der Waals surface area contributed by atoms with Crippen molar-refractivity contribution in [3.05, 3.63) is 63.6 Å². The molecule has 0 fully saturated rings. The molecule has 0 radical (unpaired) electrons. The maximum absolute atomic E-state index is 13.2. The highest BCUT2D eigenvalue weighted by atomic mass is 35.5. The summed E-state index contributed by atoms with van der Waals surface area (Å²) in [5.41, 5.74) is 1.72. The molecule has 174 valence electrons. The van der Waals surface area contributed by atoms with E-state index in [0.29, 0.717) is 33.8 Å². The summed E-state index contributed by atoms with van der Waals surface area (Å²) in [6.07, 6.45) is 0. The topological polar surface area (TPSA) is 58.6 Å². The van der Waals surface area contributed by atoms with Crippen LogP contribution in [0.3, 0.4) is 0 Å². The molecular weight excluding hydrogens is 467 g/mol. The van der Waals surface area contributed by atoms with Gasteiger partial charge in [-0.3, -0.25) is 9.59 Å². The van der Waals surface area contributed by atoms with Crippen LogP contribution in [0.15, 0.2) is 42.5 Å². The first-order valence-corrected chi connectivity index (χ1v) is 12.3. The number of amides is 2. The highest BCUT2D eigenvalue weighted by Crippen LogP contribution is 2.27. The molecule has 0 aliphatic carbocycles. The summed E-state index contributed by atoms with van der Waals surface area (Å²) in [7, 11) is 1.63. The minimum atomic E-state index is -0.657.